The summed E-state index contributed by atoms with van der Waals surface area (Å²) in [5, 5.41) is 4.50. The van der Waals surface area contributed by atoms with Crippen LogP contribution in [-0.2, 0) is 0 Å². The summed E-state index contributed by atoms with van der Waals surface area (Å²) in [6.07, 6.45) is 1.08. The van der Waals surface area contributed by atoms with E-state index in [2.05, 4.69) is 19.2 Å². The van der Waals surface area contributed by atoms with Gasteiger partial charge in [-0.25, -0.2) is 0 Å². The average Bonchev–Trinajstić information content (AvgIpc) is 2.11. The zero-order chi connectivity index (χ0) is 9.84. The van der Waals surface area contributed by atoms with Gasteiger partial charge in [0.15, 0.2) is 0 Å². The second kappa shape index (κ2) is 4.73. The fourth-order valence-electron chi connectivity index (χ4n) is 0.972. The lowest BCUT2D eigenvalue weighted by Crippen LogP contribution is -2.13. The van der Waals surface area contributed by atoms with Crippen LogP contribution in [0.5, 0.6) is 0 Å². The Hall–Kier alpha value is -0.400. The Bertz CT molecular complexity index is 286. The summed E-state index contributed by atoms with van der Waals surface area (Å²) in [4.78, 5) is 0. The lowest BCUT2D eigenvalue weighted by molar-refractivity contribution is 0.764. The Morgan fingerprint density at radius 3 is 2.54 bits per heavy atom. The summed E-state index contributed by atoms with van der Waals surface area (Å²) in [5.74, 6) is 0. The molecule has 1 aromatic rings. The van der Waals surface area contributed by atoms with E-state index in [1.54, 1.807) is 6.07 Å². The third kappa shape index (κ3) is 3.09. The highest BCUT2D eigenvalue weighted by Gasteiger charge is 2.01. The van der Waals surface area contributed by atoms with Crippen LogP contribution >= 0.6 is 23.2 Å². The van der Waals surface area contributed by atoms with Gasteiger partial charge in [-0.2, -0.15) is 0 Å². The molecule has 0 aromatic heterocycles. The molecule has 1 rings (SSSR count). The molecule has 1 nitrogen and oxygen atoms in total. The minimum atomic E-state index is 0.456. The first-order valence-corrected chi connectivity index (χ1v) is 5.10. The molecule has 13 heavy (non-hydrogen) atoms. The van der Waals surface area contributed by atoms with Crippen LogP contribution in [0, 0.1) is 0 Å². The normalized spacial score (nSPS) is 12.6. The molecule has 1 atom stereocenters. The highest BCUT2D eigenvalue weighted by molar-refractivity contribution is 6.42. The molecule has 72 valence electrons. The van der Waals surface area contributed by atoms with E-state index >= 15 is 0 Å². The number of anilines is 1. The molecule has 0 saturated carbocycles. The maximum atomic E-state index is 5.87. The van der Waals surface area contributed by atoms with Crippen molar-refractivity contribution in [1.29, 1.82) is 0 Å². The van der Waals surface area contributed by atoms with E-state index in [0.717, 1.165) is 12.1 Å². The van der Waals surface area contributed by atoms with Crippen LogP contribution in [0.2, 0.25) is 10.0 Å². The summed E-state index contributed by atoms with van der Waals surface area (Å²) in [7, 11) is 0. The first kappa shape index (κ1) is 10.7. The van der Waals surface area contributed by atoms with Gasteiger partial charge >= 0.3 is 0 Å². The Morgan fingerprint density at radius 2 is 2.00 bits per heavy atom. The van der Waals surface area contributed by atoms with E-state index < -0.39 is 0 Å². The number of hydrogen-bond acceptors (Lipinski definition) is 1. The molecule has 0 amide bonds. The lowest BCUT2D eigenvalue weighted by Gasteiger charge is -2.13. The Morgan fingerprint density at radius 1 is 1.31 bits per heavy atom. The second-order valence-corrected chi connectivity index (χ2v) is 3.90. The molecule has 0 aliphatic rings. The molecule has 0 heterocycles. The standard InChI is InChI=1S/C10H13Cl2N/c1-3-7(2)13-8-4-5-9(11)10(12)6-8/h4-7,13H,3H2,1-2H3. The van der Waals surface area contributed by atoms with E-state index in [0.29, 0.717) is 16.1 Å². The topological polar surface area (TPSA) is 12.0 Å². The van der Waals surface area contributed by atoms with Crippen LogP contribution < -0.4 is 5.32 Å². The van der Waals surface area contributed by atoms with Gasteiger partial charge in [-0.3, -0.25) is 0 Å². The van der Waals surface area contributed by atoms with Crippen molar-refractivity contribution in [3.63, 3.8) is 0 Å². The van der Waals surface area contributed by atoms with Crippen molar-refractivity contribution in [3.8, 4) is 0 Å². The van der Waals surface area contributed by atoms with Crippen LogP contribution in [0.25, 0.3) is 0 Å². The van der Waals surface area contributed by atoms with E-state index in [9.17, 15) is 0 Å². The molecule has 1 unspecified atom stereocenters. The number of benzene rings is 1. The largest absolute Gasteiger partial charge is 0.383 e. The molecule has 0 fully saturated rings. The Kier molecular flexibility index (Phi) is 3.89. The molecule has 1 N–H and O–H groups in total. The van der Waals surface area contributed by atoms with E-state index in [1.807, 2.05) is 12.1 Å². The minimum absolute atomic E-state index is 0.456. The molecule has 0 bridgehead atoms. The maximum Gasteiger partial charge on any atom is 0.0612 e. The quantitative estimate of drug-likeness (QED) is 0.801. The summed E-state index contributed by atoms with van der Waals surface area (Å²) in [5.41, 5.74) is 1.02. The monoisotopic (exact) mass is 217 g/mol. The minimum Gasteiger partial charge on any atom is -0.383 e. The van der Waals surface area contributed by atoms with Gasteiger partial charge in [-0.1, -0.05) is 30.1 Å². The van der Waals surface area contributed by atoms with Crippen LogP contribution in [0.3, 0.4) is 0 Å². The number of halogens is 2. The average molecular weight is 218 g/mol. The fraction of sp³-hybridized carbons (Fsp3) is 0.400. The first-order valence-electron chi connectivity index (χ1n) is 4.35. The van der Waals surface area contributed by atoms with Crippen LogP contribution in [-0.4, -0.2) is 6.04 Å². The fourth-order valence-corrected chi connectivity index (χ4v) is 1.27. The molecule has 3 heteroatoms. The number of hydrogen-bond donors (Lipinski definition) is 1. The Labute approximate surface area is 89.0 Å². The van der Waals surface area contributed by atoms with Crippen molar-refractivity contribution < 1.29 is 0 Å². The number of rotatable bonds is 3. The molecule has 1 aromatic carbocycles. The molecule has 0 aliphatic heterocycles. The zero-order valence-electron chi connectivity index (χ0n) is 7.77. The SMILES string of the molecule is CCC(C)Nc1ccc(Cl)c(Cl)c1. The van der Waals surface area contributed by atoms with Crippen LogP contribution in [0.15, 0.2) is 18.2 Å². The van der Waals surface area contributed by atoms with Crippen molar-refractivity contribution in [2.24, 2.45) is 0 Å². The van der Waals surface area contributed by atoms with Gasteiger partial charge < -0.3 is 5.32 Å². The molecular formula is C10H13Cl2N. The first-order chi connectivity index (χ1) is 6.13. The van der Waals surface area contributed by atoms with Gasteiger partial charge in [0.1, 0.15) is 0 Å². The smallest absolute Gasteiger partial charge is 0.0612 e. The maximum absolute atomic E-state index is 5.87. The molecule has 0 radical (unpaired) electrons. The van der Waals surface area contributed by atoms with Crippen molar-refractivity contribution >= 4 is 28.9 Å². The summed E-state index contributed by atoms with van der Waals surface area (Å²) < 4.78 is 0. The lowest BCUT2D eigenvalue weighted by atomic mass is 10.2. The predicted molar refractivity (Wildman–Crippen MR) is 59.8 cm³/mol. The second-order valence-electron chi connectivity index (χ2n) is 3.08. The summed E-state index contributed by atoms with van der Waals surface area (Å²) in [6.45, 7) is 4.26. The highest BCUT2D eigenvalue weighted by Crippen LogP contribution is 2.25. The van der Waals surface area contributed by atoms with Gasteiger partial charge in [0, 0.05) is 11.7 Å². The third-order valence-corrected chi connectivity index (χ3v) is 2.68. The molecular weight excluding hydrogens is 205 g/mol. The molecule has 0 spiro atoms. The predicted octanol–water partition coefficient (Wildman–Crippen LogP) is 4.20. The van der Waals surface area contributed by atoms with Crippen molar-refractivity contribution in [1.82, 2.24) is 0 Å². The van der Waals surface area contributed by atoms with Crippen LogP contribution in [0.1, 0.15) is 20.3 Å². The van der Waals surface area contributed by atoms with E-state index in [1.165, 1.54) is 0 Å². The van der Waals surface area contributed by atoms with E-state index in [-0.39, 0.29) is 0 Å². The third-order valence-electron chi connectivity index (χ3n) is 1.95. The Balaban J connectivity index is 2.73. The van der Waals surface area contributed by atoms with Gasteiger partial charge in [0.25, 0.3) is 0 Å². The van der Waals surface area contributed by atoms with Crippen LogP contribution in [0.4, 0.5) is 5.69 Å². The summed E-state index contributed by atoms with van der Waals surface area (Å²) in [6, 6.07) is 6.03. The van der Waals surface area contributed by atoms with Gasteiger partial charge in [0.05, 0.1) is 10.0 Å². The van der Waals surface area contributed by atoms with Gasteiger partial charge in [0.2, 0.25) is 0 Å². The highest BCUT2D eigenvalue weighted by atomic mass is 35.5. The van der Waals surface area contributed by atoms with Crippen molar-refractivity contribution in [2.45, 2.75) is 26.3 Å². The number of nitrogens with one attached hydrogen (secondary N) is 1. The zero-order valence-corrected chi connectivity index (χ0v) is 9.28. The van der Waals surface area contributed by atoms with Gasteiger partial charge in [-0.15, -0.1) is 0 Å². The van der Waals surface area contributed by atoms with Gasteiger partial charge in [-0.05, 0) is 31.5 Å². The van der Waals surface area contributed by atoms with E-state index in [4.69, 9.17) is 23.2 Å². The molecule has 0 aliphatic carbocycles. The van der Waals surface area contributed by atoms with Crippen molar-refractivity contribution in [2.75, 3.05) is 5.32 Å². The summed E-state index contributed by atoms with van der Waals surface area (Å²) >= 11 is 11.7. The molecule has 0 saturated heterocycles. The van der Waals surface area contributed by atoms with Crippen molar-refractivity contribution in [3.05, 3.63) is 28.2 Å².